The lowest BCUT2D eigenvalue weighted by molar-refractivity contribution is 0.373. The lowest BCUT2D eigenvalue weighted by Crippen LogP contribution is -2.23. The maximum atomic E-state index is 9.56. The number of benzene rings is 2. The van der Waals surface area contributed by atoms with E-state index in [4.69, 9.17) is 15.2 Å². The predicted octanol–water partition coefficient (Wildman–Crippen LogP) is 2.38. The number of ether oxygens (including phenoxy) is 2. The fraction of sp³-hybridized carbons (Fsp3) is 0.235. The number of anilines is 1. The van der Waals surface area contributed by atoms with Gasteiger partial charge in [0, 0.05) is 18.3 Å². The summed E-state index contributed by atoms with van der Waals surface area (Å²) in [5.74, 6) is 1.66. The van der Waals surface area contributed by atoms with Crippen LogP contribution in [-0.4, -0.2) is 31.8 Å². The molecule has 0 aliphatic heterocycles. The molecule has 2 aromatic rings. The molecule has 0 spiro atoms. The van der Waals surface area contributed by atoms with Gasteiger partial charge in [0.2, 0.25) is 0 Å². The van der Waals surface area contributed by atoms with Gasteiger partial charge >= 0.3 is 0 Å². The monoisotopic (exact) mass is 315 g/mol. The van der Waals surface area contributed by atoms with Gasteiger partial charge in [-0.15, -0.1) is 0 Å². The summed E-state index contributed by atoms with van der Waals surface area (Å²) in [7, 11) is 3.13. The SMILES string of the molecule is COc1cccc(NC(N)=NCCc2ccc(O)c(OC)c2)c1. The summed E-state index contributed by atoms with van der Waals surface area (Å²) in [4.78, 5) is 4.29. The molecule has 0 aliphatic rings. The van der Waals surface area contributed by atoms with E-state index in [0.29, 0.717) is 24.7 Å². The topological polar surface area (TPSA) is 89.1 Å². The van der Waals surface area contributed by atoms with Crippen molar-refractivity contribution in [3.63, 3.8) is 0 Å². The summed E-state index contributed by atoms with van der Waals surface area (Å²) in [5, 5.41) is 12.6. The van der Waals surface area contributed by atoms with Crippen molar-refractivity contribution in [1.29, 1.82) is 0 Å². The zero-order valence-corrected chi connectivity index (χ0v) is 13.2. The van der Waals surface area contributed by atoms with Crippen molar-refractivity contribution in [1.82, 2.24) is 0 Å². The van der Waals surface area contributed by atoms with Crippen molar-refractivity contribution in [3.8, 4) is 17.2 Å². The molecule has 0 amide bonds. The highest BCUT2D eigenvalue weighted by Crippen LogP contribution is 2.26. The molecule has 0 saturated carbocycles. The Balaban J connectivity index is 1.92. The van der Waals surface area contributed by atoms with Gasteiger partial charge in [-0.3, -0.25) is 4.99 Å². The number of nitrogens with zero attached hydrogens (tertiary/aromatic N) is 1. The highest BCUT2D eigenvalue weighted by Gasteiger charge is 2.02. The molecule has 122 valence electrons. The van der Waals surface area contributed by atoms with Crippen LogP contribution in [0, 0.1) is 0 Å². The highest BCUT2D eigenvalue weighted by molar-refractivity contribution is 5.92. The molecule has 0 radical (unpaired) electrons. The largest absolute Gasteiger partial charge is 0.504 e. The van der Waals surface area contributed by atoms with Crippen LogP contribution in [0.2, 0.25) is 0 Å². The standard InChI is InChI=1S/C17H21N3O3/c1-22-14-5-3-4-13(11-14)20-17(18)19-9-8-12-6-7-15(21)16(10-12)23-2/h3-7,10-11,21H,8-9H2,1-2H3,(H3,18,19,20). The normalized spacial score (nSPS) is 11.1. The molecule has 0 bridgehead atoms. The fourth-order valence-electron chi connectivity index (χ4n) is 2.07. The second-order valence-electron chi connectivity index (χ2n) is 4.88. The number of phenolic OH excluding ortho intramolecular Hbond substituents is 1. The third-order valence-corrected chi connectivity index (χ3v) is 3.27. The van der Waals surface area contributed by atoms with E-state index in [2.05, 4.69) is 10.3 Å². The third kappa shape index (κ3) is 4.81. The Labute approximate surface area is 135 Å². The van der Waals surface area contributed by atoms with Gasteiger partial charge in [-0.05, 0) is 36.2 Å². The second-order valence-corrected chi connectivity index (χ2v) is 4.88. The molecular weight excluding hydrogens is 294 g/mol. The molecule has 0 unspecified atom stereocenters. The molecule has 6 heteroatoms. The van der Waals surface area contributed by atoms with E-state index in [1.807, 2.05) is 30.3 Å². The number of hydrogen-bond donors (Lipinski definition) is 3. The third-order valence-electron chi connectivity index (χ3n) is 3.27. The first-order valence-electron chi connectivity index (χ1n) is 7.19. The highest BCUT2D eigenvalue weighted by atomic mass is 16.5. The first-order chi connectivity index (χ1) is 11.1. The molecule has 2 aromatic carbocycles. The van der Waals surface area contributed by atoms with Crippen LogP contribution in [-0.2, 0) is 6.42 Å². The minimum absolute atomic E-state index is 0.124. The summed E-state index contributed by atoms with van der Waals surface area (Å²) in [6.07, 6.45) is 0.692. The van der Waals surface area contributed by atoms with Crippen LogP contribution in [0.25, 0.3) is 0 Å². The van der Waals surface area contributed by atoms with Crippen LogP contribution in [0.5, 0.6) is 17.2 Å². The van der Waals surface area contributed by atoms with Crippen molar-refractivity contribution < 1.29 is 14.6 Å². The number of aliphatic imine (C=N–C) groups is 1. The van der Waals surface area contributed by atoms with Gasteiger partial charge in [-0.1, -0.05) is 12.1 Å². The van der Waals surface area contributed by atoms with Crippen LogP contribution >= 0.6 is 0 Å². The Kier molecular flexibility index (Phi) is 5.68. The van der Waals surface area contributed by atoms with E-state index in [9.17, 15) is 5.11 Å². The number of rotatable bonds is 6. The number of aromatic hydroxyl groups is 1. The lowest BCUT2D eigenvalue weighted by Gasteiger charge is -2.08. The van der Waals surface area contributed by atoms with Crippen LogP contribution < -0.4 is 20.5 Å². The van der Waals surface area contributed by atoms with Crippen LogP contribution in [0.1, 0.15) is 5.56 Å². The summed E-state index contributed by atoms with van der Waals surface area (Å²) in [6, 6.07) is 12.7. The average Bonchev–Trinajstić information content (AvgIpc) is 2.56. The number of methoxy groups -OCH3 is 2. The van der Waals surface area contributed by atoms with Gasteiger partial charge in [-0.2, -0.15) is 0 Å². The Morgan fingerprint density at radius 3 is 2.74 bits per heavy atom. The smallest absolute Gasteiger partial charge is 0.193 e. The van der Waals surface area contributed by atoms with E-state index in [1.165, 1.54) is 7.11 Å². The maximum Gasteiger partial charge on any atom is 0.193 e. The number of phenols is 1. The van der Waals surface area contributed by atoms with E-state index >= 15 is 0 Å². The van der Waals surface area contributed by atoms with Gasteiger partial charge in [-0.25, -0.2) is 0 Å². The molecular formula is C17H21N3O3. The fourth-order valence-corrected chi connectivity index (χ4v) is 2.07. The Morgan fingerprint density at radius 2 is 2.00 bits per heavy atom. The molecule has 0 aromatic heterocycles. The van der Waals surface area contributed by atoms with E-state index in [-0.39, 0.29) is 5.75 Å². The predicted molar refractivity (Wildman–Crippen MR) is 91.5 cm³/mol. The average molecular weight is 315 g/mol. The number of hydrogen-bond acceptors (Lipinski definition) is 4. The molecule has 0 heterocycles. The van der Waals surface area contributed by atoms with E-state index in [1.54, 1.807) is 19.2 Å². The minimum Gasteiger partial charge on any atom is -0.504 e. The van der Waals surface area contributed by atoms with Gasteiger partial charge < -0.3 is 25.6 Å². The second kappa shape index (κ2) is 7.93. The number of guanidine groups is 1. The Hall–Kier alpha value is -2.89. The van der Waals surface area contributed by atoms with Crippen molar-refractivity contribution in [2.45, 2.75) is 6.42 Å². The lowest BCUT2D eigenvalue weighted by atomic mass is 10.1. The van der Waals surface area contributed by atoms with Gasteiger partial charge in [0.15, 0.2) is 17.5 Å². The van der Waals surface area contributed by atoms with Crippen molar-refractivity contribution in [2.75, 3.05) is 26.1 Å². The van der Waals surface area contributed by atoms with E-state index in [0.717, 1.165) is 17.0 Å². The van der Waals surface area contributed by atoms with E-state index < -0.39 is 0 Å². The molecule has 6 nitrogen and oxygen atoms in total. The molecule has 0 fully saturated rings. The zero-order valence-electron chi connectivity index (χ0n) is 13.2. The Morgan fingerprint density at radius 1 is 1.17 bits per heavy atom. The van der Waals surface area contributed by atoms with Gasteiger partial charge in [0.1, 0.15) is 5.75 Å². The summed E-state index contributed by atoms with van der Waals surface area (Å²) in [5.41, 5.74) is 7.70. The molecule has 0 atom stereocenters. The van der Waals surface area contributed by atoms with Crippen LogP contribution in [0.4, 0.5) is 5.69 Å². The van der Waals surface area contributed by atoms with Crippen LogP contribution in [0.15, 0.2) is 47.5 Å². The number of nitrogens with two attached hydrogens (primary N) is 1. The molecule has 0 saturated heterocycles. The maximum absolute atomic E-state index is 9.56. The minimum atomic E-state index is 0.124. The van der Waals surface area contributed by atoms with Crippen LogP contribution in [0.3, 0.4) is 0 Å². The molecule has 2 rings (SSSR count). The van der Waals surface area contributed by atoms with Gasteiger partial charge in [0.25, 0.3) is 0 Å². The summed E-state index contributed by atoms with van der Waals surface area (Å²) in [6.45, 7) is 0.525. The first-order valence-corrected chi connectivity index (χ1v) is 7.19. The molecule has 4 N–H and O–H groups in total. The molecule has 0 aliphatic carbocycles. The van der Waals surface area contributed by atoms with Gasteiger partial charge in [0.05, 0.1) is 14.2 Å². The molecule has 23 heavy (non-hydrogen) atoms. The van der Waals surface area contributed by atoms with Crippen molar-refractivity contribution >= 4 is 11.6 Å². The summed E-state index contributed by atoms with van der Waals surface area (Å²) < 4.78 is 10.2. The number of nitrogens with one attached hydrogen (secondary N) is 1. The Bertz CT molecular complexity index is 687. The summed E-state index contributed by atoms with van der Waals surface area (Å²) >= 11 is 0. The quantitative estimate of drug-likeness (QED) is 0.562. The van der Waals surface area contributed by atoms with Crippen molar-refractivity contribution in [3.05, 3.63) is 48.0 Å². The zero-order chi connectivity index (χ0) is 16.7. The first kappa shape index (κ1) is 16.5. The van der Waals surface area contributed by atoms with Crippen molar-refractivity contribution in [2.24, 2.45) is 10.7 Å².